The predicted molar refractivity (Wildman–Crippen MR) is 96.5 cm³/mol. The summed E-state index contributed by atoms with van der Waals surface area (Å²) in [6.07, 6.45) is 9.99. The molecule has 23 heavy (non-hydrogen) atoms. The molecule has 5 heteroatoms. The third kappa shape index (κ3) is 5.40. The maximum atomic E-state index is 6.03. The summed E-state index contributed by atoms with van der Waals surface area (Å²) in [6.45, 7) is 7.31. The second kappa shape index (κ2) is 8.77. The molecular weight excluding hydrogens is 286 g/mol. The minimum absolute atomic E-state index is 0.454. The van der Waals surface area contributed by atoms with Crippen LogP contribution in [0.15, 0.2) is 0 Å². The molecule has 1 aliphatic heterocycles. The van der Waals surface area contributed by atoms with Gasteiger partial charge in [-0.3, -0.25) is 9.80 Å². The minimum atomic E-state index is 0.454. The molecule has 0 spiro atoms. The highest BCUT2D eigenvalue weighted by atomic mass is 15.3. The Balaban J connectivity index is 1.27. The molecule has 3 rings (SSSR count). The number of nitrogens with one attached hydrogen (secondary N) is 1. The fraction of sp³-hybridized carbons (Fsp3) is 1.00. The lowest BCUT2D eigenvalue weighted by molar-refractivity contribution is 0.0763. The van der Waals surface area contributed by atoms with Gasteiger partial charge in [0.25, 0.3) is 0 Å². The van der Waals surface area contributed by atoms with Crippen molar-refractivity contribution in [2.45, 2.75) is 75.5 Å². The lowest BCUT2D eigenvalue weighted by Crippen LogP contribution is -2.53. The number of hydrogen-bond donors (Lipinski definition) is 3. The van der Waals surface area contributed by atoms with E-state index in [0.717, 1.165) is 12.6 Å². The van der Waals surface area contributed by atoms with Gasteiger partial charge in [0.05, 0.1) is 0 Å². The molecule has 3 fully saturated rings. The van der Waals surface area contributed by atoms with E-state index in [1.54, 1.807) is 0 Å². The SMILES string of the molecule is NC1CCC(NCCN2CCN(C3CCC(N)CC3)CC2)CC1. The zero-order valence-corrected chi connectivity index (χ0v) is 14.8. The molecule has 2 saturated carbocycles. The number of nitrogens with two attached hydrogens (primary N) is 2. The molecule has 134 valence electrons. The summed E-state index contributed by atoms with van der Waals surface area (Å²) in [5.41, 5.74) is 12.0. The first-order valence-electron chi connectivity index (χ1n) is 9.91. The van der Waals surface area contributed by atoms with E-state index < -0.39 is 0 Å². The number of hydrogen-bond acceptors (Lipinski definition) is 5. The summed E-state index contributed by atoms with van der Waals surface area (Å²) in [6, 6.07) is 2.44. The third-order valence-electron chi connectivity index (χ3n) is 6.30. The van der Waals surface area contributed by atoms with Crippen molar-refractivity contribution in [1.29, 1.82) is 0 Å². The molecule has 0 atom stereocenters. The van der Waals surface area contributed by atoms with Crippen LogP contribution in [0.2, 0.25) is 0 Å². The lowest BCUT2D eigenvalue weighted by atomic mass is 9.90. The van der Waals surface area contributed by atoms with Crippen LogP contribution in [0, 0.1) is 0 Å². The topological polar surface area (TPSA) is 70.5 Å². The monoisotopic (exact) mass is 323 g/mol. The van der Waals surface area contributed by atoms with Gasteiger partial charge in [-0.2, -0.15) is 0 Å². The molecular formula is C18H37N5. The van der Waals surface area contributed by atoms with Gasteiger partial charge in [0.1, 0.15) is 0 Å². The number of rotatable bonds is 5. The average Bonchev–Trinajstić information content (AvgIpc) is 2.58. The molecule has 0 aromatic rings. The van der Waals surface area contributed by atoms with Crippen molar-refractivity contribution in [1.82, 2.24) is 15.1 Å². The van der Waals surface area contributed by atoms with E-state index in [9.17, 15) is 0 Å². The second-order valence-electron chi connectivity index (χ2n) is 8.01. The highest BCUT2D eigenvalue weighted by Gasteiger charge is 2.27. The van der Waals surface area contributed by atoms with Crippen LogP contribution in [-0.4, -0.2) is 73.2 Å². The molecule has 5 N–H and O–H groups in total. The maximum Gasteiger partial charge on any atom is 0.0113 e. The van der Waals surface area contributed by atoms with Crippen molar-refractivity contribution < 1.29 is 0 Å². The molecule has 0 amide bonds. The summed E-state index contributed by atoms with van der Waals surface area (Å²) in [7, 11) is 0. The van der Waals surface area contributed by atoms with Gasteiger partial charge in [0, 0.05) is 63.4 Å². The van der Waals surface area contributed by atoms with Crippen LogP contribution in [0.5, 0.6) is 0 Å². The van der Waals surface area contributed by atoms with E-state index in [1.807, 2.05) is 0 Å². The summed E-state index contributed by atoms with van der Waals surface area (Å²) < 4.78 is 0. The fourth-order valence-electron chi connectivity index (χ4n) is 4.57. The highest BCUT2D eigenvalue weighted by Crippen LogP contribution is 2.23. The van der Waals surface area contributed by atoms with Gasteiger partial charge in [-0.1, -0.05) is 0 Å². The summed E-state index contributed by atoms with van der Waals surface area (Å²) in [4.78, 5) is 5.35. The molecule has 0 bridgehead atoms. The summed E-state index contributed by atoms with van der Waals surface area (Å²) >= 11 is 0. The Labute approximate surface area is 142 Å². The molecule has 1 heterocycles. The van der Waals surface area contributed by atoms with Crippen molar-refractivity contribution in [2.24, 2.45) is 11.5 Å². The van der Waals surface area contributed by atoms with Crippen LogP contribution in [0.25, 0.3) is 0 Å². The van der Waals surface area contributed by atoms with Gasteiger partial charge < -0.3 is 16.8 Å². The Hall–Kier alpha value is -0.200. The van der Waals surface area contributed by atoms with Gasteiger partial charge in [-0.25, -0.2) is 0 Å². The first-order chi connectivity index (χ1) is 11.2. The van der Waals surface area contributed by atoms with Crippen molar-refractivity contribution in [3.8, 4) is 0 Å². The minimum Gasteiger partial charge on any atom is -0.328 e. The Bertz CT molecular complexity index is 324. The van der Waals surface area contributed by atoms with E-state index in [1.165, 1.54) is 84.1 Å². The van der Waals surface area contributed by atoms with Crippen molar-refractivity contribution in [3.63, 3.8) is 0 Å². The smallest absolute Gasteiger partial charge is 0.0113 e. The Morgan fingerprint density at radius 1 is 0.739 bits per heavy atom. The zero-order valence-electron chi connectivity index (χ0n) is 14.8. The number of piperazine rings is 1. The summed E-state index contributed by atoms with van der Waals surface area (Å²) in [5.74, 6) is 0. The quantitative estimate of drug-likeness (QED) is 0.696. The molecule has 0 radical (unpaired) electrons. The van der Waals surface area contributed by atoms with Crippen molar-refractivity contribution in [3.05, 3.63) is 0 Å². The summed E-state index contributed by atoms with van der Waals surface area (Å²) in [5, 5.41) is 3.74. The molecule has 0 aromatic carbocycles. The Kier molecular flexibility index (Phi) is 6.72. The Morgan fingerprint density at radius 2 is 1.30 bits per heavy atom. The van der Waals surface area contributed by atoms with E-state index >= 15 is 0 Å². The van der Waals surface area contributed by atoms with Gasteiger partial charge in [0.15, 0.2) is 0 Å². The van der Waals surface area contributed by atoms with Crippen LogP contribution in [0.4, 0.5) is 0 Å². The van der Waals surface area contributed by atoms with Crippen LogP contribution < -0.4 is 16.8 Å². The highest BCUT2D eigenvalue weighted by molar-refractivity contribution is 4.85. The third-order valence-corrected chi connectivity index (χ3v) is 6.30. The van der Waals surface area contributed by atoms with Crippen molar-refractivity contribution >= 4 is 0 Å². The lowest BCUT2D eigenvalue weighted by Gasteiger charge is -2.41. The molecule has 3 aliphatic rings. The first-order valence-corrected chi connectivity index (χ1v) is 9.91. The Morgan fingerprint density at radius 3 is 1.91 bits per heavy atom. The largest absolute Gasteiger partial charge is 0.328 e. The van der Waals surface area contributed by atoms with Gasteiger partial charge in [-0.15, -0.1) is 0 Å². The second-order valence-corrected chi connectivity index (χ2v) is 8.01. The standard InChI is InChI=1S/C18H37N5/c19-15-1-5-17(6-2-15)21-9-10-22-11-13-23(14-12-22)18-7-3-16(20)4-8-18/h15-18,21H,1-14,19-20H2. The first kappa shape index (κ1) is 17.6. The van der Waals surface area contributed by atoms with Crippen LogP contribution >= 0.6 is 0 Å². The van der Waals surface area contributed by atoms with Gasteiger partial charge >= 0.3 is 0 Å². The average molecular weight is 324 g/mol. The normalized spacial score (nSPS) is 37.8. The van der Waals surface area contributed by atoms with Crippen LogP contribution in [0.1, 0.15) is 51.4 Å². The van der Waals surface area contributed by atoms with E-state index in [0.29, 0.717) is 18.1 Å². The number of nitrogens with zero attached hydrogens (tertiary/aromatic N) is 2. The van der Waals surface area contributed by atoms with E-state index in [4.69, 9.17) is 11.5 Å². The molecule has 2 aliphatic carbocycles. The van der Waals surface area contributed by atoms with Gasteiger partial charge in [0.2, 0.25) is 0 Å². The van der Waals surface area contributed by atoms with Crippen molar-refractivity contribution in [2.75, 3.05) is 39.3 Å². The molecule has 0 unspecified atom stereocenters. The van der Waals surface area contributed by atoms with Crippen LogP contribution in [-0.2, 0) is 0 Å². The molecule has 5 nitrogen and oxygen atoms in total. The van der Waals surface area contributed by atoms with Crippen LogP contribution in [0.3, 0.4) is 0 Å². The fourth-order valence-corrected chi connectivity index (χ4v) is 4.57. The molecule has 0 aromatic heterocycles. The van der Waals surface area contributed by atoms with E-state index in [-0.39, 0.29) is 0 Å². The predicted octanol–water partition coefficient (Wildman–Crippen LogP) is 0.733. The zero-order chi connectivity index (χ0) is 16.1. The maximum absolute atomic E-state index is 6.03. The van der Waals surface area contributed by atoms with E-state index in [2.05, 4.69) is 15.1 Å². The molecule has 1 saturated heterocycles. The van der Waals surface area contributed by atoms with Gasteiger partial charge in [-0.05, 0) is 51.4 Å².